The van der Waals surface area contributed by atoms with Crippen LogP contribution in [0.15, 0.2) is 29.8 Å². The number of rotatable bonds is 1. The lowest BCUT2D eigenvalue weighted by molar-refractivity contribution is 0.475. The number of hydrogen-bond acceptors (Lipinski definition) is 2. The molecular formula is C12H15NO. The predicted octanol–water partition coefficient (Wildman–Crippen LogP) is 2.16. The molecule has 2 N–H and O–H groups in total. The van der Waals surface area contributed by atoms with Gasteiger partial charge in [0.25, 0.3) is 0 Å². The molecule has 74 valence electrons. The fraction of sp³-hybridized carbons (Fsp3) is 0.333. The third-order valence-electron chi connectivity index (χ3n) is 2.51. The molecule has 0 bridgehead atoms. The van der Waals surface area contributed by atoms with Crippen molar-refractivity contribution in [2.24, 2.45) is 0 Å². The molecule has 2 rings (SSSR count). The lowest BCUT2D eigenvalue weighted by Crippen LogP contribution is -2.22. The third-order valence-corrected chi connectivity index (χ3v) is 2.51. The molecule has 0 atom stereocenters. The van der Waals surface area contributed by atoms with Crippen molar-refractivity contribution in [2.45, 2.75) is 12.8 Å². The zero-order valence-electron chi connectivity index (χ0n) is 8.16. The molecule has 1 fully saturated rings. The summed E-state index contributed by atoms with van der Waals surface area (Å²) in [6, 6.07) is 7.36. The number of aromatic hydroxyl groups is 1. The fourth-order valence-electron chi connectivity index (χ4n) is 1.70. The maximum absolute atomic E-state index is 9.13. The van der Waals surface area contributed by atoms with Gasteiger partial charge in [-0.25, -0.2) is 0 Å². The number of nitrogens with one attached hydrogen (secondary N) is 1. The summed E-state index contributed by atoms with van der Waals surface area (Å²) < 4.78 is 0. The van der Waals surface area contributed by atoms with Gasteiger partial charge in [0.2, 0.25) is 0 Å². The zero-order chi connectivity index (χ0) is 9.80. The number of benzene rings is 1. The third kappa shape index (κ3) is 2.36. The van der Waals surface area contributed by atoms with Gasteiger partial charge >= 0.3 is 0 Å². The first kappa shape index (κ1) is 9.28. The quantitative estimate of drug-likeness (QED) is 0.709. The van der Waals surface area contributed by atoms with Crippen LogP contribution >= 0.6 is 0 Å². The van der Waals surface area contributed by atoms with Crippen LogP contribution in [0.1, 0.15) is 18.4 Å². The van der Waals surface area contributed by atoms with Crippen molar-refractivity contribution in [1.29, 1.82) is 0 Å². The van der Waals surface area contributed by atoms with E-state index in [1.807, 2.05) is 12.1 Å². The molecule has 1 aliphatic rings. The molecule has 0 spiro atoms. The Kier molecular flexibility index (Phi) is 2.84. The highest BCUT2D eigenvalue weighted by atomic mass is 16.3. The molecule has 0 radical (unpaired) electrons. The highest BCUT2D eigenvalue weighted by Gasteiger charge is 2.03. The first-order valence-electron chi connectivity index (χ1n) is 5.04. The summed E-state index contributed by atoms with van der Waals surface area (Å²) in [5, 5.41) is 12.5. The highest BCUT2D eigenvalue weighted by Crippen LogP contribution is 2.17. The molecule has 1 saturated heterocycles. The Balaban J connectivity index is 2.11. The van der Waals surface area contributed by atoms with Gasteiger partial charge in [-0.3, -0.25) is 0 Å². The summed E-state index contributed by atoms with van der Waals surface area (Å²) in [7, 11) is 0. The standard InChI is InChI=1S/C12H15NO/c14-12-3-1-10(2-4-12)9-11-5-7-13-8-6-11/h1-4,9,13-14H,5-8H2. The van der Waals surface area contributed by atoms with Gasteiger partial charge in [-0.2, -0.15) is 0 Å². The second-order valence-electron chi connectivity index (χ2n) is 3.64. The van der Waals surface area contributed by atoms with E-state index in [4.69, 9.17) is 5.11 Å². The molecule has 0 unspecified atom stereocenters. The molecular weight excluding hydrogens is 174 g/mol. The summed E-state index contributed by atoms with van der Waals surface area (Å²) in [5.41, 5.74) is 2.68. The van der Waals surface area contributed by atoms with Gasteiger partial charge in [0.15, 0.2) is 0 Å². The largest absolute Gasteiger partial charge is 0.508 e. The summed E-state index contributed by atoms with van der Waals surface area (Å²) in [4.78, 5) is 0. The molecule has 1 aliphatic heterocycles. The van der Waals surface area contributed by atoms with Crippen LogP contribution in [0.5, 0.6) is 5.75 Å². The van der Waals surface area contributed by atoms with Crippen molar-refractivity contribution in [1.82, 2.24) is 5.32 Å². The predicted molar refractivity (Wildman–Crippen MR) is 58.2 cm³/mol. The summed E-state index contributed by atoms with van der Waals surface area (Å²) in [5.74, 6) is 0.331. The Labute approximate surface area is 84.3 Å². The Morgan fingerprint density at radius 3 is 2.36 bits per heavy atom. The number of phenolic OH excluding ortho intramolecular Hbond substituents is 1. The first-order valence-corrected chi connectivity index (χ1v) is 5.04. The Bertz CT molecular complexity index is 319. The Morgan fingerprint density at radius 2 is 1.71 bits per heavy atom. The minimum atomic E-state index is 0.331. The number of phenols is 1. The van der Waals surface area contributed by atoms with E-state index in [0.717, 1.165) is 25.9 Å². The average Bonchev–Trinajstić information content (AvgIpc) is 2.23. The van der Waals surface area contributed by atoms with E-state index >= 15 is 0 Å². The minimum Gasteiger partial charge on any atom is -0.508 e. The fourth-order valence-corrected chi connectivity index (χ4v) is 1.70. The molecule has 1 heterocycles. The molecule has 2 nitrogen and oxygen atoms in total. The SMILES string of the molecule is Oc1ccc(C=C2CCNCC2)cc1. The summed E-state index contributed by atoms with van der Waals surface area (Å²) >= 11 is 0. The molecule has 0 aromatic heterocycles. The van der Waals surface area contributed by atoms with E-state index in [9.17, 15) is 0 Å². The van der Waals surface area contributed by atoms with Crippen molar-refractivity contribution in [3.63, 3.8) is 0 Å². The second-order valence-corrected chi connectivity index (χ2v) is 3.64. The van der Waals surface area contributed by atoms with Gasteiger partial charge in [-0.15, -0.1) is 0 Å². The molecule has 0 saturated carbocycles. The molecule has 0 aliphatic carbocycles. The van der Waals surface area contributed by atoms with Crippen LogP contribution in [0, 0.1) is 0 Å². The Morgan fingerprint density at radius 1 is 1.07 bits per heavy atom. The first-order chi connectivity index (χ1) is 6.84. The highest BCUT2D eigenvalue weighted by molar-refractivity contribution is 5.54. The van der Waals surface area contributed by atoms with Crippen LogP contribution < -0.4 is 5.32 Å². The number of piperidine rings is 1. The van der Waals surface area contributed by atoms with E-state index in [1.165, 1.54) is 11.1 Å². The minimum absolute atomic E-state index is 0.331. The van der Waals surface area contributed by atoms with Crippen LogP contribution in [0.3, 0.4) is 0 Å². The van der Waals surface area contributed by atoms with Gasteiger partial charge < -0.3 is 10.4 Å². The van der Waals surface area contributed by atoms with Crippen molar-refractivity contribution >= 4 is 6.08 Å². The Hall–Kier alpha value is -1.28. The van der Waals surface area contributed by atoms with Gasteiger partial charge in [0.1, 0.15) is 5.75 Å². The van der Waals surface area contributed by atoms with Crippen molar-refractivity contribution in [3.8, 4) is 5.75 Å². The van der Waals surface area contributed by atoms with Crippen LogP contribution in [0.2, 0.25) is 0 Å². The second kappa shape index (κ2) is 4.29. The van der Waals surface area contributed by atoms with E-state index in [1.54, 1.807) is 12.1 Å². The van der Waals surface area contributed by atoms with Crippen LogP contribution in [-0.4, -0.2) is 18.2 Å². The smallest absolute Gasteiger partial charge is 0.115 e. The van der Waals surface area contributed by atoms with Gasteiger partial charge in [-0.05, 0) is 43.6 Å². The van der Waals surface area contributed by atoms with Crippen molar-refractivity contribution < 1.29 is 5.11 Å². The summed E-state index contributed by atoms with van der Waals surface area (Å²) in [6.45, 7) is 2.17. The van der Waals surface area contributed by atoms with Crippen molar-refractivity contribution in [3.05, 3.63) is 35.4 Å². The van der Waals surface area contributed by atoms with Gasteiger partial charge in [-0.1, -0.05) is 23.8 Å². The molecule has 1 aromatic carbocycles. The molecule has 1 aromatic rings. The maximum Gasteiger partial charge on any atom is 0.115 e. The molecule has 2 heteroatoms. The van der Waals surface area contributed by atoms with Gasteiger partial charge in [0.05, 0.1) is 0 Å². The maximum atomic E-state index is 9.13. The van der Waals surface area contributed by atoms with E-state index in [2.05, 4.69) is 11.4 Å². The van der Waals surface area contributed by atoms with E-state index in [0.29, 0.717) is 5.75 Å². The summed E-state index contributed by atoms with van der Waals surface area (Å²) in [6.07, 6.45) is 4.50. The lowest BCUT2D eigenvalue weighted by Gasteiger charge is -2.15. The zero-order valence-corrected chi connectivity index (χ0v) is 8.16. The monoisotopic (exact) mass is 189 g/mol. The van der Waals surface area contributed by atoms with Crippen LogP contribution in [0.25, 0.3) is 6.08 Å². The topological polar surface area (TPSA) is 32.3 Å². The normalized spacial score (nSPS) is 16.7. The van der Waals surface area contributed by atoms with Crippen molar-refractivity contribution in [2.75, 3.05) is 13.1 Å². The van der Waals surface area contributed by atoms with Gasteiger partial charge in [0, 0.05) is 0 Å². The average molecular weight is 189 g/mol. The molecule has 0 amide bonds. The van der Waals surface area contributed by atoms with Crippen LogP contribution in [-0.2, 0) is 0 Å². The van der Waals surface area contributed by atoms with E-state index < -0.39 is 0 Å². The van der Waals surface area contributed by atoms with Crippen LogP contribution in [0.4, 0.5) is 0 Å². The van der Waals surface area contributed by atoms with E-state index in [-0.39, 0.29) is 0 Å². The molecule has 14 heavy (non-hydrogen) atoms. The number of hydrogen-bond donors (Lipinski definition) is 2. The lowest BCUT2D eigenvalue weighted by atomic mass is 10.0.